The van der Waals surface area contributed by atoms with Crippen LogP contribution in [0, 0.1) is 12.7 Å². The lowest BCUT2D eigenvalue weighted by molar-refractivity contribution is 0.0924. The first kappa shape index (κ1) is 19.1. The Bertz CT molecular complexity index is 1160. The van der Waals surface area contributed by atoms with E-state index in [1.165, 1.54) is 17.8 Å². The number of benzene rings is 2. The summed E-state index contributed by atoms with van der Waals surface area (Å²) in [5.41, 5.74) is 2.81. The zero-order chi connectivity index (χ0) is 20.2. The van der Waals surface area contributed by atoms with E-state index in [9.17, 15) is 9.18 Å². The van der Waals surface area contributed by atoms with Gasteiger partial charge < -0.3 is 9.73 Å². The Morgan fingerprint density at radius 3 is 2.72 bits per heavy atom. The van der Waals surface area contributed by atoms with E-state index in [2.05, 4.69) is 15.3 Å². The van der Waals surface area contributed by atoms with Crippen molar-refractivity contribution in [3.05, 3.63) is 89.2 Å². The van der Waals surface area contributed by atoms with Gasteiger partial charge in [0.15, 0.2) is 10.9 Å². The van der Waals surface area contributed by atoms with Crippen LogP contribution in [0.2, 0.25) is 0 Å². The number of rotatable bonds is 6. The summed E-state index contributed by atoms with van der Waals surface area (Å²) in [6.45, 7) is 1.98. The van der Waals surface area contributed by atoms with Crippen LogP contribution < -0.4 is 5.32 Å². The summed E-state index contributed by atoms with van der Waals surface area (Å²) in [6.07, 6.45) is 3.36. The lowest BCUT2D eigenvalue weighted by Crippen LogP contribution is -2.23. The first-order chi connectivity index (χ1) is 14.1. The second-order valence-electron chi connectivity index (χ2n) is 6.49. The molecule has 0 saturated heterocycles. The first-order valence-corrected chi connectivity index (χ1v) is 10.0. The van der Waals surface area contributed by atoms with Crippen molar-refractivity contribution in [3.8, 4) is 0 Å². The molecule has 0 unspecified atom stereocenters. The van der Waals surface area contributed by atoms with Crippen molar-refractivity contribution < 1.29 is 13.6 Å². The van der Waals surface area contributed by atoms with Gasteiger partial charge in [0, 0.05) is 35.6 Å². The van der Waals surface area contributed by atoms with Gasteiger partial charge in [-0.05, 0) is 36.2 Å². The quantitative estimate of drug-likeness (QED) is 0.364. The van der Waals surface area contributed by atoms with E-state index in [0.29, 0.717) is 22.1 Å². The number of hydrogen-bond donors (Lipinski definition) is 1. The highest BCUT2D eigenvalue weighted by Crippen LogP contribution is 2.31. The molecule has 7 heteroatoms. The number of halogens is 1. The summed E-state index contributed by atoms with van der Waals surface area (Å²) in [5.74, 6) is 0.195. The van der Waals surface area contributed by atoms with E-state index in [1.807, 2.05) is 24.3 Å². The molecule has 2 heterocycles. The lowest BCUT2D eigenvalue weighted by atomic mass is 10.1. The number of nitrogens with zero attached hydrogens (tertiary/aromatic N) is 2. The fraction of sp³-hybridized carbons (Fsp3) is 0.136. The van der Waals surface area contributed by atoms with Crippen molar-refractivity contribution in [2.24, 2.45) is 0 Å². The van der Waals surface area contributed by atoms with Crippen LogP contribution in [0.5, 0.6) is 0 Å². The van der Waals surface area contributed by atoms with Crippen molar-refractivity contribution in [2.75, 3.05) is 0 Å². The minimum atomic E-state index is -0.312. The molecule has 29 heavy (non-hydrogen) atoms. The van der Waals surface area contributed by atoms with Crippen molar-refractivity contribution in [1.82, 2.24) is 15.3 Å². The number of amides is 1. The van der Waals surface area contributed by atoms with Crippen molar-refractivity contribution in [2.45, 2.75) is 24.4 Å². The zero-order valence-electron chi connectivity index (χ0n) is 15.7. The number of hydrogen-bond acceptors (Lipinski definition) is 5. The number of thioether (sulfide) groups is 1. The van der Waals surface area contributed by atoms with E-state index in [1.54, 1.807) is 37.5 Å². The molecule has 0 fully saturated rings. The Balaban J connectivity index is 1.56. The van der Waals surface area contributed by atoms with Gasteiger partial charge in [-0.15, -0.1) is 0 Å². The minimum Gasteiger partial charge on any atom is -0.451 e. The van der Waals surface area contributed by atoms with Gasteiger partial charge in [-0.25, -0.2) is 14.4 Å². The predicted molar refractivity (Wildman–Crippen MR) is 110 cm³/mol. The molecule has 1 amide bonds. The largest absolute Gasteiger partial charge is 0.451 e. The number of para-hydroxylation sites is 1. The molecule has 5 nitrogen and oxygen atoms in total. The highest BCUT2D eigenvalue weighted by molar-refractivity contribution is 7.98. The number of carbonyl (C=O) groups is 1. The van der Waals surface area contributed by atoms with Crippen LogP contribution in [0.4, 0.5) is 4.39 Å². The Kier molecular flexibility index (Phi) is 5.57. The van der Waals surface area contributed by atoms with E-state index in [0.717, 1.165) is 16.5 Å². The highest BCUT2D eigenvalue weighted by Gasteiger charge is 2.20. The van der Waals surface area contributed by atoms with Gasteiger partial charge in [0.2, 0.25) is 0 Å². The molecule has 0 aliphatic rings. The Labute approximate surface area is 171 Å². The molecule has 0 saturated carbocycles. The number of carbonyl (C=O) groups excluding carboxylic acids is 1. The van der Waals surface area contributed by atoms with Crippen LogP contribution in [0.15, 0.2) is 70.5 Å². The van der Waals surface area contributed by atoms with Crippen molar-refractivity contribution in [3.63, 3.8) is 0 Å². The maximum absolute atomic E-state index is 13.4. The summed E-state index contributed by atoms with van der Waals surface area (Å²) < 4.78 is 19.3. The summed E-state index contributed by atoms with van der Waals surface area (Å²) in [7, 11) is 0. The second-order valence-corrected chi connectivity index (χ2v) is 7.43. The van der Waals surface area contributed by atoms with Gasteiger partial charge in [-0.3, -0.25) is 4.79 Å². The number of aromatic nitrogens is 2. The fourth-order valence-corrected chi connectivity index (χ4v) is 3.83. The predicted octanol–water partition coefficient (Wildman–Crippen LogP) is 4.89. The third kappa shape index (κ3) is 4.30. The molecule has 2 aromatic heterocycles. The molecule has 0 spiro atoms. The molecule has 2 aromatic carbocycles. The molecule has 1 N–H and O–H groups in total. The third-order valence-corrected chi connectivity index (χ3v) is 5.37. The number of fused-ring (bicyclic) bond motifs is 1. The number of nitrogens with one attached hydrogen (secondary N) is 1. The standard InChI is InChI=1S/C22H18FN3O2S/c1-14-11-15(7-8-18(14)23)12-26-21(27)20-17(13-29-22-24-9-4-10-25-22)16-5-2-3-6-19(16)28-20/h2-11H,12-13H2,1H3,(H,26,27). The lowest BCUT2D eigenvalue weighted by Gasteiger charge is -2.07. The molecule has 4 aromatic rings. The average molecular weight is 407 g/mol. The molecular weight excluding hydrogens is 389 g/mol. The topological polar surface area (TPSA) is 68.0 Å². The summed E-state index contributed by atoms with van der Waals surface area (Å²) in [5, 5.41) is 4.38. The molecular formula is C22H18FN3O2S. The number of aryl methyl sites for hydroxylation is 1. The van der Waals surface area contributed by atoms with Crippen LogP contribution in [0.3, 0.4) is 0 Å². The Morgan fingerprint density at radius 2 is 1.93 bits per heavy atom. The van der Waals surface area contributed by atoms with E-state index in [-0.39, 0.29) is 24.0 Å². The molecule has 146 valence electrons. The summed E-state index contributed by atoms with van der Waals surface area (Å²) in [4.78, 5) is 21.3. The van der Waals surface area contributed by atoms with Gasteiger partial charge in [-0.1, -0.05) is 42.1 Å². The van der Waals surface area contributed by atoms with Gasteiger partial charge in [-0.2, -0.15) is 0 Å². The molecule has 0 aliphatic carbocycles. The van der Waals surface area contributed by atoms with Crippen molar-refractivity contribution >= 4 is 28.6 Å². The van der Waals surface area contributed by atoms with Gasteiger partial charge in [0.25, 0.3) is 5.91 Å². The van der Waals surface area contributed by atoms with Crippen molar-refractivity contribution in [1.29, 1.82) is 0 Å². The Morgan fingerprint density at radius 1 is 1.14 bits per heavy atom. The molecule has 0 aliphatic heterocycles. The summed E-state index contributed by atoms with van der Waals surface area (Å²) in [6, 6.07) is 14.1. The zero-order valence-corrected chi connectivity index (χ0v) is 16.5. The summed E-state index contributed by atoms with van der Waals surface area (Å²) >= 11 is 1.44. The first-order valence-electron chi connectivity index (χ1n) is 9.05. The normalized spacial score (nSPS) is 11.0. The minimum absolute atomic E-state index is 0.264. The second kappa shape index (κ2) is 8.45. The number of furan rings is 1. The third-order valence-electron chi connectivity index (χ3n) is 4.47. The molecule has 0 radical (unpaired) electrons. The monoisotopic (exact) mass is 407 g/mol. The van der Waals surface area contributed by atoms with Gasteiger partial charge in [0.1, 0.15) is 11.4 Å². The maximum atomic E-state index is 13.4. The highest BCUT2D eigenvalue weighted by atomic mass is 32.2. The van der Waals surface area contributed by atoms with E-state index >= 15 is 0 Å². The van der Waals surface area contributed by atoms with Crippen LogP contribution in [-0.4, -0.2) is 15.9 Å². The van der Waals surface area contributed by atoms with E-state index < -0.39 is 0 Å². The van der Waals surface area contributed by atoms with Gasteiger partial charge >= 0.3 is 0 Å². The van der Waals surface area contributed by atoms with Crippen LogP contribution in [0.25, 0.3) is 11.0 Å². The Hall–Kier alpha value is -3.19. The average Bonchev–Trinajstić information content (AvgIpc) is 3.12. The van der Waals surface area contributed by atoms with Crippen LogP contribution >= 0.6 is 11.8 Å². The maximum Gasteiger partial charge on any atom is 0.287 e. The van der Waals surface area contributed by atoms with Crippen LogP contribution in [-0.2, 0) is 12.3 Å². The molecule has 0 bridgehead atoms. The smallest absolute Gasteiger partial charge is 0.287 e. The SMILES string of the molecule is Cc1cc(CNC(=O)c2oc3ccccc3c2CSc2ncccn2)ccc1F. The van der Waals surface area contributed by atoms with Gasteiger partial charge in [0.05, 0.1) is 0 Å². The molecule has 4 rings (SSSR count). The van der Waals surface area contributed by atoms with Crippen LogP contribution in [0.1, 0.15) is 27.2 Å². The molecule has 0 atom stereocenters. The van der Waals surface area contributed by atoms with E-state index in [4.69, 9.17) is 4.42 Å². The fourth-order valence-electron chi connectivity index (χ4n) is 3.00.